The zero-order valence-electron chi connectivity index (χ0n) is 25.3. The predicted octanol–water partition coefficient (Wildman–Crippen LogP) is 5.02. The van der Waals surface area contributed by atoms with E-state index < -0.39 is 56.8 Å². The van der Waals surface area contributed by atoms with Gasteiger partial charge in [-0.2, -0.15) is 0 Å². The maximum atomic E-state index is 15.3. The van der Waals surface area contributed by atoms with Crippen molar-refractivity contribution >= 4 is 28.7 Å². The first kappa shape index (κ1) is 32.0. The number of nitrogens with zero attached hydrogens (tertiary/aromatic N) is 2. The van der Waals surface area contributed by atoms with Gasteiger partial charge in [-0.05, 0) is 90.1 Å². The zero-order chi connectivity index (χ0) is 30.9. The summed E-state index contributed by atoms with van der Waals surface area (Å²) in [5.74, 6) is -0.741. The number of rotatable bonds is 9. The summed E-state index contributed by atoms with van der Waals surface area (Å²) in [5, 5.41) is 12.9. The summed E-state index contributed by atoms with van der Waals surface area (Å²) in [5.41, 5.74) is -0.658. The number of aromatic nitrogens is 1. The van der Waals surface area contributed by atoms with E-state index >= 15 is 4.39 Å². The van der Waals surface area contributed by atoms with E-state index in [2.05, 4.69) is 15.0 Å². The fraction of sp³-hybridized carbons (Fsp3) is 0.581. The molecule has 2 aliphatic rings. The molecule has 230 valence electrons. The first-order valence-corrected chi connectivity index (χ1v) is 15.6. The van der Waals surface area contributed by atoms with Gasteiger partial charge in [0.25, 0.3) is 0 Å². The molecule has 2 amide bonds. The summed E-state index contributed by atoms with van der Waals surface area (Å²) in [6, 6.07) is 8.93. The van der Waals surface area contributed by atoms with Crippen LogP contribution in [0.15, 0.2) is 42.6 Å². The number of ether oxygens (including phenoxy) is 1. The van der Waals surface area contributed by atoms with Crippen LogP contribution in [0.1, 0.15) is 84.9 Å². The Bertz CT molecular complexity index is 1310. The first-order chi connectivity index (χ1) is 19.6. The summed E-state index contributed by atoms with van der Waals surface area (Å²) >= 11 is 0. The highest BCUT2D eigenvalue weighted by atomic mass is 32.2. The van der Waals surface area contributed by atoms with Crippen LogP contribution in [0.2, 0.25) is 0 Å². The molecule has 11 heteroatoms. The predicted molar refractivity (Wildman–Crippen MR) is 160 cm³/mol. The molecule has 3 N–H and O–H groups in total. The molecule has 0 spiro atoms. The molecule has 1 aromatic carbocycles. The Labute approximate surface area is 250 Å². The molecule has 42 heavy (non-hydrogen) atoms. The SMILES string of the molecule is CC(C)(C)OC(=O)N1C[C@H](O)C[C@@H]1C(=O)Nc1cc(C(CCC2CC2)(N[S@@](=O)C(C)(C)C)c2ccccn2)ccc1F. The molecule has 1 aliphatic heterocycles. The number of carbonyl (C=O) groups is 2. The van der Waals surface area contributed by atoms with E-state index in [1.165, 1.54) is 11.0 Å². The molecule has 0 radical (unpaired) electrons. The smallest absolute Gasteiger partial charge is 0.411 e. The maximum Gasteiger partial charge on any atom is 0.411 e. The Balaban J connectivity index is 1.70. The van der Waals surface area contributed by atoms with Crippen molar-refractivity contribution in [2.45, 2.75) is 102 Å². The van der Waals surface area contributed by atoms with Crippen molar-refractivity contribution in [3.05, 3.63) is 59.7 Å². The van der Waals surface area contributed by atoms with Gasteiger partial charge in [0.2, 0.25) is 5.91 Å². The third-order valence-corrected chi connectivity index (χ3v) is 9.12. The molecule has 0 bridgehead atoms. The first-order valence-electron chi connectivity index (χ1n) is 14.5. The third kappa shape index (κ3) is 7.73. The van der Waals surface area contributed by atoms with Crippen LogP contribution < -0.4 is 10.0 Å². The van der Waals surface area contributed by atoms with Crippen LogP contribution in [0, 0.1) is 11.7 Å². The van der Waals surface area contributed by atoms with Crippen molar-refractivity contribution < 1.29 is 28.0 Å². The minimum Gasteiger partial charge on any atom is -0.444 e. The number of nitrogens with one attached hydrogen (secondary N) is 2. The van der Waals surface area contributed by atoms with Crippen LogP contribution in [0.25, 0.3) is 0 Å². The third-order valence-electron chi connectivity index (χ3n) is 7.48. The van der Waals surface area contributed by atoms with Gasteiger partial charge in [-0.1, -0.05) is 25.0 Å². The van der Waals surface area contributed by atoms with E-state index in [0.717, 1.165) is 19.3 Å². The average Bonchev–Trinajstić information content (AvgIpc) is 3.65. The molecule has 1 saturated carbocycles. The van der Waals surface area contributed by atoms with Crippen LogP contribution in [0.5, 0.6) is 0 Å². The van der Waals surface area contributed by atoms with Gasteiger partial charge in [-0.25, -0.2) is 18.1 Å². The lowest BCUT2D eigenvalue weighted by Gasteiger charge is -2.37. The quantitative estimate of drug-likeness (QED) is 0.371. The zero-order valence-corrected chi connectivity index (χ0v) is 26.1. The molecule has 9 nitrogen and oxygen atoms in total. The molecule has 4 rings (SSSR count). The van der Waals surface area contributed by atoms with Gasteiger partial charge in [0.1, 0.15) is 17.5 Å². The molecule has 2 aromatic rings. The summed E-state index contributed by atoms with van der Waals surface area (Å²) in [6.45, 7) is 10.7. The lowest BCUT2D eigenvalue weighted by atomic mass is 9.82. The topological polar surface area (TPSA) is 121 Å². The Morgan fingerprint density at radius 2 is 1.86 bits per heavy atom. The number of halogens is 1. The van der Waals surface area contributed by atoms with E-state index in [1.54, 1.807) is 45.2 Å². The number of amides is 2. The number of anilines is 1. The number of hydrogen-bond donors (Lipinski definition) is 3. The Hall–Kier alpha value is -2.89. The van der Waals surface area contributed by atoms with Gasteiger partial charge in [0.05, 0.1) is 45.3 Å². The fourth-order valence-corrected chi connectivity index (χ4v) is 5.97. The number of pyridine rings is 1. The highest BCUT2D eigenvalue weighted by Gasteiger charge is 2.43. The minimum atomic E-state index is -1.51. The van der Waals surface area contributed by atoms with E-state index in [0.29, 0.717) is 23.6 Å². The number of hydrogen-bond acceptors (Lipinski definition) is 6. The Kier molecular flexibility index (Phi) is 9.44. The van der Waals surface area contributed by atoms with Crippen molar-refractivity contribution in [1.82, 2.24) is 14.6 Å². The summed E-state index contributed by atoms with van der Waals surface area (Å²) in [4.78, 5) is 32.1. The van der Waals surface area contributed by atoms with Crippen LogP contribution in [-0.4, -0.2) is 60.2 Å². The minimum absolute atomic E-state index is 0.00222. The number of likely N-dealkylation sites (tertiary alicyclic amines) is 1. The van der Waals surface area contributed by atoms with Crippen molar-refractivity contribution in [2.24, 2.45) is 5.92 Å². The maximum absolute atomic E-state index is 15.3. The standard InChI is InChI=1S/C31H43FN4O5S/c1-29(2,3)41-28(39)36-19-22(37)18-25(36)27(38)34-24-17-21(12-13-23(24)32)31(15-14-20-10-11-20,26-9-7-8-16-33-26)35-42(40)30(4,5)6/h7-9,12-13,16-17,20,22,25,35,37H,10-11,14-15,18-19H2,1-6H3,(H,34,38)/t22-,25-,31?,42+/m1/s1. The Morgan fingerprint density at radius 3 is 2.45 bits per heavy atom. The van der Waals surface area contributed by atoms with Crippen LogP contribution in [0.3, 0.4) is 0 Å². The number of aliphatic hydroxyl groups is 1. The monoisotopic (exact) mass is 602 g/mol. The number of β-amino-alcohol motifs (C(OH)–C–C–N with tert-alkyl or cyclic N) is 1. The van der Waals surface area contributed by atoms with Gasteiger partial charge < -0.3 is 15.2 Å². The van der Waals surface area contributed by atoms with Gasteiger partial charge in [-0.15, -0.1) is 0 Å². The van der Waals surface area contributed by atoms with E-state index in [9.17, 15) is 18.9 Å². The normalized spacial score (nSPS) is 21.5. The summed E-state index contributed by atoms with van der Waals surface area (Å²) < 4.78 is 37.0. The van der Waals surface area contributed by atoms with Crippen molar-refractivity contribution in [1.29, 1.82) is 0 Å². The molecular weight excluding hydrogens is 559 g/mol. The molecule has 2 fully saturated rings. The van der Waals surface area contributed by atoms with Gasteiger partial charge in [0, 0.05) is 12.6 Å². The van der Waals surface area contributed by atoms with Crippen molar-refractivity contribution in [3.8, 4) is 0 Å². The fourth-order valence-electron chi connectivity index (χ4n) is 5.02. The second-order valence-electron chi connectivity index (χ2n) is 13.3. The van der Waals surface area contributed by atoms with Crippen LogP contribution >= 0.6 is 0 Å². The number of benzene rings is 1. The largest absolute Gasteiger partial charge is 0.444 e. The van der Waals surface area contributed by atoms with Gasteiger partial charge in [-0.3, -0.25) is 14.7 Å². The lowest BCUT2D eigenvalue weighted by Crippen LogP contribution is -2.49. The second kappa shape index (κ2) is 12.4. The van der Waals surface area contributed by atoms with Gasteiger partial charge >= 0.3 is 6.09 Å². The lowest BCUT2D eigenvalue weighted by molar-refractivity contribution is -0.120. The molecule has 1 aliphatic carbocycles. The molecule has 1 unspecified atom stereocenters. The molecule has 1 saturated heterocycles. The summed E-state index contributed by atoms with van der Waals surface area (Å²) in [7, 11) is -1.51. The van der Waals surface area contributed by atoms with E-state index in [-0.39, 0.29) is 18.7 Å². The number of carbonyl (C=O) groups excluding carboxylic acids is 2. The highest BCUT2D eigenvalue weighted by molar-refractivity contribution is 7.84. The number of aliphatic hydroxyl groups excluding tert-OH is 1. The Morgan fingerprint density at radius 1 is 1.14 bits per heavy atom. The summed E-state index contributed by atoms with van der Waals surface area (Å²) in [6.07, 6.45) is 3.71. The van der Waals surface area contributed by atoms with Crippen LogP contribution in [-0.2, 0) is 26.1 Å². The van der Waals surface area contributed by atoms with Crippen molar-refractivity contribution in [2.75, 3.05) is 11.9 Å². The van der Waals surface area contributed by atoms with E-state index in [1.807, 2.05) is 32.9 Å². The molecule has 1 aromatic heterocycles. The van der Waals surface area contributed by atoms with E-state index in [4.69, 9.17) is 4.74 Å². The van der Waals surface area contributed by atoms with Gasteiger partial charge in [0.15, 0.2) is 0 Å². The average molecular weight is 603 g/mol. The highest BCUT2D eigenvalue weighted by Crippen LogP contribution is 2.42. The molecule has 4 atom stereocenters. The second-order valence-corrected chi connectivity index (χ2v) is 15.3. The van der Waals surface area contributed by atoms with Crippen LogP contribution in [0.4, 0.5) is 14.9 Å². The van der Waals surface area contributed by atoms with Crippen molar-refractivity contribution in [3.63, 3.8) is 0 Å². The molecule has 2 heterocycles. The molecular formula is C31H43FN4O5S.